The smallest absolute Gasteiger partial charge is 0.371 e. The van der Waals surface area contributed by atoms with E-state index < -0.39 is 8.80 Å². The Labute approximate surface area is 134 Å². The second-order valence-electron chi connectivity index (χ2n) is 7.81. The third-order valence-corrected chi connectivity index (χ3v) is 8.48. The van der Waals surface area contributed by atoms with Crippen LogP contribution in [0.5, 0.6) is 0 Å². The van der Waals surface area contributed by atoms with E-state index >= 15 is 0 Å². The molecule has 0 N–H and O–H groups in total. The van der Waals surface area contributed by atoms with Crippen LogP contribution in [0.4, 0.5) is 0 Å². The predicted octanol–water partition coefficient (Wildman–Crippen LogP) is 5.27. The molecule has 4 heteroatoms. The molecule has 0 spiro atoms. The molecular formula is C17H38O3Si. The molecule has 0 saturated carbocycles. The predicted molar refractivity (Wildman–Crippen MR) is 92.5 cm³/mol. The van der Waals surface area contributed by atoms with Gasteiger partial charge in [0.1, 0.15) is 0 Å². The van der Waals surface area contributed by atoms with E-state index in [1.165, 1.54) is 0 Å². The molecule has 0 bridgehead atoms. The molecule has 0 rings (SSSR count). The lowest BCUT2D eigenvalue weighted by Gasteiger charge is -2.48. The normalized spacial score (nSPS) is 15.6. The van der Waals surface area contributed by atoms with Crippen molar-refractivity contribution in [1.29, 1.82) is 0 Å². The molecule has 128 valence electrons. The Kier molecular flexibility index (Phi) is 8.13. The Balaban J connectivity index is 5.80. The van der Waals surface area contributed by atoms with Crippen LogP contribution in [0.3, 0.4) is 0 Å². The monoisotopic (exact) mass is 318 g/mol. The molecule has 0 radical (unpaired) electrons. The van der Waals surface area contributed by atoms with E-state index in [1.807, 2.05) is 0 Å². The van der Waals surface area contributed by atoms with Gasteiger partial charge >= 0.3 is 8.80 Å². The summed E-state index contributed by atoms with van der Waals surface area (Å²) < 4.78 is 19.2. The van der Waals surface area contributed by atoms with Gasteiger partial charge in [-0.15, -0.1) is 0 Å². The summed E-state index contributed by atoms with van der Waals surface area (Å²) in [4.78, 5) is 0. The fourth-order valence-corrected chi connectivity index (χ4v) is 6.41. The molecule has 0 aliphatic heterocycles. The second-order valence-corrected chi connectivity index (χ2v) is 10.9. The van der Waals surface area contributed by atoms with Crippen LogP contribution >= 0.6 is 0 Å². The maximum atomic E-state index is 6.39. The quantitative estimate of drug-likeness (QED) is 0.542. The first-order valence-corrected chi connectivity index (χ1v) is 10.1. The van der Waals surface area contributed by atoms with Crippen molar-refractivity contribution in [2.45, 2.75) is 99.5 Å². The van der Waals surface area contributed by atoms with Crippen molar-refractivity contribution in [1.82, 2.24) is 0 Å². The van der Waals surface area contributed by atoms with Gasteiger partial charge < -0.3 is 13.3 Å². The van der Waals surface area contributed by atoms with Gasteiger partial charge in [0.05, 0.1) is 0 Å². The van der Waals surface area contributed by atoms with Crippen molar-refractivity contribution in [2.24, 2.45) is 11.8 Å². The molecule has 0 saturated heterocycles. The molecule has 0 amide bonds. The zero-order chi connectivity index (χ0) is 17.0. The summed E-state index contributed by atoms with van der Waals surface area (Å²) in [5.41, 5.74) is 0. The van der Waals surface area contributed by atoms with Gasteiger partial charge in [-0.2, -0.15) is 0 Å². The summed E-state index contributed by atoms with van der Waals surface area (Å²) in [6, 6.07) is 0. The highest BCUT2D eigenvalue weighted by molar-refractivity contribution is 6.64. The fraction of sp³-hybridized carbons (Fsp3) is 1.00. The summed E-state index contributed by atoms with van der Waals surface area (Å²) in [6.07, 6.45) is 0.272. The summed E-state index contributed by atoms with van der Waals surface area (Å²) >= 11 is 0. The summed E-state index contributed by atoms with van der Waals surface area (Å²) in [5.74, 6) is 0.995. The van der Waals surface area contributed by atoms with E-state index in [9.17, 15) is 0 Å². The first-order valence-electron chi connectivity index (χ1n) is 8.39. The number of hydrogen-bond donors (Lipinski definition) is 0. The maximum Gasteiger partial charge on any atom is 0.507 e. The first-order chi connectivity index (χ1) is 9.35. The van der Waals surface area contributed by atoms with E-state index in [2.05, 4.69) is 76.2 Å². The Morgan fingerprint density at radius 3 is 1.10 bits per heavy atom. The highest BCUT2D eigenvalue weighted by atomic mass is 28.4. The van der Waals surface area contributed by atoms with Crippen LogP contribution in [-0.4, -0.2) is 27.1 Å². The van der Waals surface area contributed by atoms with Crippen LogP contribution in [0, 0.1) is 11.8 Å². The molecule has 21 heavy (non-hydrogen) atoms. The van der Waals surface area contributed by atoms with Gasteiger partial charge in [0.15, 0.2) is 0 Å². The largest absolute Gasteiger partial charge is 0.507 e. The summed E-state index contributed by atoms with van der Waals surface area (Å²) in [6.45, 7) is 23.7. The molecule has 1 unspecified atom stereocenters. The topological polar surface area (TPSA) is 27.7 Å². The van der Waals surface area contributed by atoms with Crippen molar-refractivity contribution >= 4 is 8.80 Å². The lowest BCUT2D eigenvalue weighted by Crippen LogP contribution is -2.60. The molecule has 0 aromatic rings. The highest BCUT2D eigenvalue weighted by Crippen LogP contribution is 2.50. The van der Waals surface area contributed by atoms with E-state index in [4.69, 9.17) is 13.3 Å². The number of rotatable bonds is 9. The molecule has 0 aliphatic carbocycles. The van der Waals surface area contributed by atoms with Gasteiger partial charge in [-0.3, -0.25) is 0 Å². The van der Waals surface area contributed by atoms with Gasteiger partial charge in [-0.1, -0.05) is 34.6 Å². The van der Waals surface area contributed by atoms with E-state index in [0.717, 1.165) is 0 Å². The van der Waals surface area contributed by atoms with E-state index in [-0.39, 0.29) is 23.4 Å². The van der Waals surface area contributed by atoms with Gasteiger partial charge in [0, 0.05) is 23.4 Å². The van der Waals surface area contributed by atoms with Crippen molar-refractivity contribution in [3.63, 3.8) is 0 Å². The minimum atomic E-state index is -2.84. The lowest BCUT2D eigenvalue weighted by molar-refractivity contribution is -0.0245. The molecule has 0 aromatic carbocycles. The average molecular weight is 319 g/mol. The van der Waals surface area contributed by atoms with Crippen LogP contribution < -0.4 is 0 Å². The molecular weight excluding hydrogens is 280 g/mol. The highest BCUT2D eigenvalue weighted by Gasteiger charge is 2.60. The zero-order valence-electron chi connectivity index (χ0n) is 16.1. The SMILES string of the molecule is CC(C)O[Si](OC(C)C)(OC(C)C)C(C)(C)C(C)C(C)C. The Morgan fingerprint density at radius 1 is 0.619 bits per heavy atom. The van der Waals surface area contributed by atoms with E-state index in [1.54, 1.807) is 0 Å². The van der Waals surface area contributed by atoms with Gasteiger partial charge in [0.25, 0.3) is 0 Å². The van der Waals surface area contributed by atoms with Crippen LogP contribution in [0.1, 0.15) is 76.2 Å². The average Bonchev–Trinajstić information content (AvgIpc) is 2.24. The van der Waals surface area contributed by atoms with Crippen LogP contribution in [0.25, 0.3) is 0 Å². The van der Waals surface area contributed by atoms with E-state index in [0.29, 0.717) is 11.8 Å². The standard InChI is InChI=1S/C17H38O3Si/c1-12(2)16(9)17(10,11)21(18-13(3)4,19-14(5)6)20-15(7)8/h12-16H,1-11H3. The Morgan fingerprint density at radius 2 is 0.905 bits per heavy atom. The third kappa shape index (κ3) is 5.66. The van der Waals surface area contributed by atoms with Crippen molar-refractivity contribution in [2.75, 3.05) is 0 Å². The molecule has 0 aliphatic rings. The van der Waals surface area contributed by atoms with Crippen LogP contribution in [0.2, 0.25) is 5.04 Å². The molecule has 1 atom stereocenters. The van der Waals surface area contributed by atoms with Gasteiger partial charge in [0.2, 0.25) is 0 Å². The summed E-state index contributed by atoms with van der Waals surface area (Å²) in [7, 11) is -2.84. The minimum absolute atomic E-state index is 0.0906. The summed E-state index contributed by atoms with van der Waals surface area (Å²) in [5, 5.41) is -0.139. The lowest BCUT2D eigenvalue weighted by atomic mass is 9.86. The van der Waals surface area contributed by atoms with Crippen molar-refractivity contribution in [3.05, 3.63) is 0 Å². The molecule has 0 heterocycles. The molecule has 3 nitrogen and oxygen atoms in total. The van der Waals surface area contributed by atoms with Gasteiger partial charge in [-0.05, 0) is 53.4 Å². The van der Waals surface area contributed by atoms with Crippen LogP contribution in [-0.2, 0) is 13.3 Å². The van der Waals surface area contributed by atoms with Gasteiger partial charge in [-0.25, -0.2) is 0 Å². The molecule has 0 aromatic heterocycles. The Hall–Kier alpha value is 0.0969. The Bertz CT molecular complexity index is 272. The molecule has 0 fully saturated rings. The first kappa shape index (κ1) is 21.1. The minimum Gasteiger partial charge on any atom is -0.371 e. The van der Waals surface area contributed by atoms with Crippen molar-refractivity contribution in [3.8, 4) is 0 Å². The second kappa shape index (κ2) is 8.09. The number of hydrogen-bond acceptors (Lipinski definition) is 3. The third-order valence-electron chi connectivity index (χ3n) is 4.10. The van der Waals surface area contributed by atoms with Crippen molar-refractivity contribution < 1.29 is 13.3 Å². The zero-order valence-corrected chi connectivity index (χ0v) is 17.1. The van der Waals surface area contributed by atoms with Crippen LogP contribution in [0.15, 0.2) is 0 Å². The fourth-order valence-electron chi connectivity index (χ4n) is 2.58. The maximum absolute atomic E-state index is 6.39.